The van der Waals surface area contributed by atoms with Crippen molar-refractivity contribution in [2.24, 2.45) is 0 Å². The number of anilines is 2. The van der Waals surface area contributed by atoms with Crippen LogP contribution in [0.1, 0.15) is 47.8 Å². The Balaban J connectivity index is 0.000000182. The highest BCUT2D eigenvalue weighted by Crippen LogP contribution is 2.36. The quantitative estimate of drug-likeness (QED) is 0.414. The Morgan fingerprint density at radius 2 is 1.57 bits per heavy atom. The number of rotatable bonds is 0. The van der Waals surface area contributed by atoms with Crippen molar-refractivity contribution in [3.63, 3.8) is 0 Å². The van der Waals surface area contributed by atoms with Crippen LogP contribution in [0, 0.1) is 26.7 Å². The summed E-state index contributed by atoms with van der Waals surface area (Å²) in [6.07, 6.45) is 8.11. The molecule has 6 rings (SSSR count). The highest BCUT2D eigenvalue weighted by Gasteiger charge is 2.39. The molecule has 37 heavy (non-hydrogen) atoms. The Morgan fingerprint density at radius 3 is 2.27 bits per heavy atom. The van der Waals surface area contributed by atoms with Crippen LogP contribution in [-0.4, -0.2) is 57.0 Å². The van der Waals surface area contributed by atoms with Crippen molar-refractivity contribution in [3.05, 3.63) is 65.2 Å². The zero-order valence-corrected chi connectivity index (χ0v) is 22.9. The van der Waals surface area contributed by atoms with Crippen molar-refractivity contribution in [2.75, 3.05) is 49.1 Å². The molecule has 2 aromatic carbocycles. The van der Waals surface area contributed by atoms with Crippen LogP contribution in [0.2, 0.25) is 0 Å². The van der Waals surface area contributed by atoms with Crippen molar-refractivity contribution in [1.82, 2.24) is 21.3 Å². The van der Waals surface area contributed by atoms with Crippen LogP contribution >= 0.6 is 0 Å². The summed E-state index contributed by atoms with van der Waals surface area (Å²) in [6, 6.07) is 12.7. The van der Waals surface area contributed by atoms with Crippen molar-refractivity contribution in [2.45, 2.75) is 46.4 Å². The standard InChI is InChI=1S/C14H19N3.C12H15N3O.C2H6.C2H2/c1-10-4-5-13-12(8-10)11(2)16-14(3)9-15-6-7-17(13)14;1-8-2-3-10-9(6-8)12(16)14-11-7-13-4-5-15(10)11;2*1-2/h4-5,8,15-16H,2,6-7,9H2,1,3H3;2-3,6,11,13H,4-5,7H2,1H3,(H,14,16);1-2H3;1-2H/t14-;;;/m1.../s1. The molecule has 2 saturated heterocycles. The van der Waals surface area contributed by atoms with E-state index in [1.807, 2.05) is 26.8 Å². The normalized spacial score (nSPS) is 22.8. The first-order chi connectivity index (χ1) is 17.9. The molecule has 7 nitrogen and oxygen atoms in total. The summed E-state index contributed by atoms with van der Waals surface area (Å²) >= 11 is 0. The number of nitrogens with zero attached hydrogens (tertiary/aromatic N) is 2. The van der Waals surface area contributed by atoms with Crippen molar-refractivity contribution in [1.29, 1.82) is 0 Å². The smallest absolute Gasteiger partial charge is 0.255 e. The fourth-order valence-corrected chi connectivity index (χ4v) is 5.32. The van der Waals surface area contributed by atoms with Crippen molar-refractivity contribution >= 4 is 23.0 Å². The number of fused-ring (bicyclic) bond motifs is 6. The van der Waals surface area contributed by atoms with E-state index in [1.165, 1.54) is 16.8 Å². The number of hydrogen-bond donors (Lipinski definition) is 4. The van der Waals surface area contributed by atoms with Crippen molar-refractivity contribution < 1.29 is 4.79 Å². The summed E-state index contributed by atoms with van der Waals surface area (Å²) in [7, 11) is 0. The third-order valence-electron chi connectivity index (χ3n) is 7.01. The summed E-state index contributed by atoms with van der Waals surface area (Å²) < 4.78 is 0. The van der Waals surface area contributed by atoms with Crippen LogP contribution in [0.15, 0.2) is 43.0 Å². The number of benzene rings is 2. The minimum absolute atomic E-state index is 0.0441. The minimum atomic E-state index is -0.0441. The Labute approximate surface area is 222 Å². The Hall–Kier alpha value is -3.47. The van der Waals surface area contributed by atoms with E-state index in [0.717, 1.165) is 61.8 Å². The molecule has 2 atom stereocenters. The summed E-state index contributed by atoms with van der Waals surface area (Å²) in [5, 5.41) is 13.3. The first kappa shape index (κ1) is 28.1. The van der Waals surface area contributed by atoms with E-state index in [-0.39, 0.29) is 17.7 Å². The molecule has 0 saturated carbocycles. The van der Waals surface area contributed by atoms with Gasteiger partial charge in [0, 0.05) is 56.2 Å². The average molecular weight is 503 g/mol. The zero-order valence-electron chi connectivity index (χ0n) is 22.9. The van der Waals surface area contributed by atoms with E-state index in [0.29, 0.717) is 0 Å². The Bertz CT molecular complexity index is 1140. The maximum Gasteiger partial charge on any atom is 0.255 e. The molecule has 1 amide bonds. The molecule has 0 aromatic heterocycles. The summed E-state index contributed by atoms with van der Waals surface area (Å²) in [4.78, 5) is 16.6. The highest BCUT2D eigenvalue weighted by atomic mass is 16.2. The Kier molecular flexibility index (Phi) is 9.25. The van der Waals surface area contributed by atoms with E-state index in [4.69, 9.17) is 0 Å². The SMILES string of the molecule is C#C.C=C1N[C@@]2(C)CNCCN2c2ccc(C)cc21.CC.Cc1ccc2c(c1)C(=O)NC1CNCCN21. The molecule has 4 aliphatic heterocycles. The van der Waals surface area contributed by atoms with Crippen molar-refractivity contribution in [3.8, 4) is 12.8 Å². The monoisotopic (exact) mass is 502 g/mol. The van der Waals surface area contributed by atoms with Gasteiger partial charge in [0.15, 0.2) is 0 Å². The van der Waals surface area contributed by atoms with E-state index >= 15 is 0 Å². The van der Waals surface area contributed by atoms with Gasteiger partial charge >= 0.3 is 0 Å². The van der Waals surface area contributed by atoms with Gasteiger partial charge in [-0.05, 0) is 45.0 Å². The predicted octanol–water partition coefficient (Wildman–Crippen LogP) is 3.44. The third-order valence-corrected chi connectivity index (χ3v) is 7.01. The molecule has 7 heteroatoms. The van der Waals surface area contributed by atoms with Crippen LogP contribution < -0.4 is 31.1 Å². The van der Waals surface area contributed by atoms with E-state index in [9.17, 15) is 4.79 Å². The molecule has 2 aromatic rings. The van der Waals surface area contributed by atoms with Crippen LogP contribution in [0.4, 0.5) is 11.4 Å². The largest absolute Gasteiger partial charge is 0.362 e. The van der Waals surface area contributed by atoms with Gasteiger partial charge in [-0.15, -0.1) is 12.8 Å². The second-order valence-corrected chi connectivity index (χ2v) is 9.63. The third kappa shape index (κ3) is 5.76. The summed E-state index contributed by atoms with van der Waals surface area (Å²) in [6.45, 7) is 20.3. The number of aryl methyl sites for hydroxylation is 2. The summed E-state index contributed by atoms with van der Waals surface area (Å²) in [5.41, 5.74) is 7.82. The van der Waals surface area contributed by atoms with E-state index < -0.39 is 0 Å². The molecule has 198 valence electrons. The molecule has 4 N–H and O–H groups in total. The number of nitrogens with one attached hydrogen (secondary N) is 4. The number of piperazine rings is 2. The zero-order chi connectivity index (χ0) is 27.2. The van der Waals surface area contributed by atoms with E-state index in [2.05, 4.69) is 94.7 Å². The van der Waals surface area contributed by atoms with Gasteiger partial charge in [-0.1, -0.05) is 43.7 Å². The molecule has 4 heterocycles. The van der Waals surface area contributed by atoms with Gasteiger partial charge in [0.25, 0.3) is 5.91 Å². The van der Waals surface area contributed by atoms with Crippen LogP contribution in [0.5, 0.6) is 0 Å². The van der Waals surface area contributed by atoms with Gasteiger partial charge in [-0.25, -0.2) is 0 Å². The average Bonchev–Trinajstić information content (AvgIpc) is 2.91. The fourth-order valence-electron chi connectivity index (χ4n) is 5.32. The lowest BCUT2D eigenvalue weighted by atomic mass is 9.96. The molecule has 0 bridgehead atoms. The molecule has 4 aliphatic rings. The number of terminal acetylenes is 1. The molecule has 0 radical (unpaired) electrons. The van der Waals surface area contributed by atoms with Gasteiger partial charge in [-0.2, -0.15) is 0 Å². The first-order valence-electron chi connectivity index (χ1n) is 13.1. The van der Waals surface area contributed by atoms with Gasteiger partial charge < -0.3 is 31.1 Å². The van der Waals surface area contributed by atoms with E-state index in [1.54, 1.807) is 0 Å². The molecular formula is C30H42N6O. The first-order valence-corrected chi connectivity index (χ1v) is 13.1. The second kappa shape index (κ2) is 12.2. The lowest BCUT2D eigenvalue weighted by Crippen LogP contribution is -2.68. The lowest BCUT2D eigenvalue weighted by molar-refractivity contribution is 0.0922. The van der Waals surface area contributed by atoms with Gasteiger partial charge in [-0.3, -0.25) is 4.79 Å². The number of carbonyl (C=O) groups excluding carboxylic acids is 1. The number of hydrogen-bond acceptors (Lipinski definition) is 6. The highest BCUT2D eigenvalue weighted by molar-refractivity contribution is 6.02. The number of amides is 1. The predicted molar refractivity (Wildman–Crippen MR) is 156 cm³/mol. The summed E-state index contributed by atoms with van der Waals surface area (Å²) in [5.74, 6) is 0.0450. The Morgan fingerprint density at radius 1 is 0.946 bits per heavy atom. The topological polar surface area (TPSA) is 71.7 Å². The molecular weight excluding hydrogens is 460 g/mol. The second-order valence-electron chi connectivity index (χ2n) is 9.63. The maximum absolute atomic E-state index is 11.9. The van der Waals surface area contributed by atoms with Gasteiger partial charge in [0.2, 0.25) is 0 Å². The maximum atomic E-state index is 11.9. The molecule has 0 aliphatic carbocycles. The van der Waals surface area contributed by atoms with Gasteiger partial charge in [0.05, 0.1) is 11.3 Å². The molecule has 1 unspecified atom stereocenters. The van der Waals surface area contributed by atoms with Crippen LogP contribution in [0.3, 0.4) is 0 Å². The minimum Gasteiger partial charge on any atom is -0.362 e. The van der Waals surface area contributed by atoms with Gasteiger partial charge in [0.1, 0.15) is 11.8 Å². The molecule has 2 fully saturated rings. The van der Waals surface area contributed by atoms with Crippen LogP contribution in [0.25, 0.3) is 5.70 Å². The van der Waals surface area contributed by atoms with Crippen LogP contribution in [-0.2, 0) is 0 Å². The number of carbonyl (C=O) groups is 1. The molecule has 0 spiro atoms. The lowest BCUT2D eigenvalue weighted by Gasteiger charge is -2.51. The fraction of sp³-hybridized carbons (Fsp3) is 0.433.